The van der Waals surface area contributed by atoms with Crippen molar-refractivity contribution in [2.24, 2.45) is 0 Å². The zero-order chi connectivity index (χ0) is 17.9. The van der Waals surface area contributed by atoms with Crippen LogP contribution in [-0.4, -0.2) is 55.6 Å². The van der Waals surface area contributed by atoms with Crippen LogP contribution in [0.25, 0.3) is 0 Å². The summed E-state index contributed by atoms with van der Waals surface area (Å²) in [5, 5.41) is 14.7. The Hall–Kier alpha value is -2.32. The molecule has 24 heavy (non-hydrogen) atoms. The van der Waals surface area contributed by atoms with Gasteiger partial charge in [0.05, 0.1) is 21.3 Å². The molecule has 0 aliphatic heterocycles. The molecule has 1 aromatic carbocycles. The molecule has 8 nitrogen and oxygen atoms in total. The number of aryl methyl sites for hydroxylation is 1. The molecule has 1 aromatic heterocycles. The Morgan fingerprint density at radius 1 is 1.08 bits per heavy atom. The third-order valence-corrected chi connectivity index (χ3v) is 3.68. The summed E-state index contributed by atoms with van der Waals surface area (Å²) >= 11 is 0. The lowest BCUT2D eigenvalue weighted by molar-refractivity contribution is 0.0554. The fourth-order valence-corrected chi connectivity index (χ4v) is 2.53. The molecule has 2 unspecified atom stereocenters. The number of hydrogen-bond donors (Lipinski definition) is 1. The Bertz CT molecular complexity index is 661. The molecule has 0 spiro atoms. The van der Waals surface area contributed by atoms with Gasteiger partial charge in [0.25, 0.3) is 0 Å². The Morgan fingerprint density at radius 3 is 2.04 bits per heavy atom. The smallest absolute Gasteiger partial charge is 0.247 e. The summed E-state index contributed by atoms with van der Waals surface area (Å²) in [5.74, 6) is 2.23. The van der Waals surface area contributed by atoms with Gasteiger partial charge in [-0.2, -0.15) is 4.98 Å². The maximum absolute atomic E-state index is 10.9. The largest absolute Gasteiger partial charge is 0.493 e. The van der Waals surface area contributed by atoms with Gasteiger partial charge in [0.2, 0.25) is 11.6 Å². The van der Waals surface area contributed by atoms with Crippen molar-refractivity contribution in [3.63, 3.8) is 0 Å². The van der Waals surface area contributed by atoms with Crippen molar-refractivity contribution in [1.82, 2.24) is 15.0 Å². The van der Waals surface area contributed by atoms with Crippen molar-refractivity contribution < 1.29 is 23.8 Å². The highest BCUT2D eigenvalue weighted by Crippen LogP contribution is 2.42. The third-order valence-electron chi connectivity index (χ3n) is 3.68. The maximum Gasteiger partial charge on any atom is 0.247 e. The molecule has 2 rings (SSSR count). The molecule has 1 heterocycles. The summed E-state index contributed by atoms with van der Waals surface area (Å²) in [6.45, 7) is 1.73. The Labute approximate surface area is 140 Å². The van der Waals surface area contributed by atoms with Crippen molar-refractivity contribution in [2.75, 3.05) is 35.4 Å². The number of aliphatic hydroxyl groups is 1. The van der Waals surface area contributed by atoms with Gasteiger partial charge in [-0.25, -0.2) is 0 Å². The van der Waals surface area contributed by atoms with E-state index in [-0.39, 0.29) is 0 Å². The van der Waals surface area contributed by atoms with Gasteiger partial charge < -0.3 is 23.8 Å². The lowest BCUT2D eigenvalue weighted by Gasteiger charge is -2.27. The van der Waals surface area contributed by atoms with Crippen LogP contribution in [-0.2, 0) is 0 Å². The monoisotopic (exact) mass is 337 g/mol. The molecule has 2 atom stereocenters. The predicted octanol–water partition coefficient (Wildman–Crippen LogP) is 1.74. The minimum atomic E-state index is -0.937. The minimum Gasteiger partial charge on any atom is -0.493 e. The molecule has 8 heteroatoms. The standard InChI is InChI=1S/C16H23N3O5/c1-9-17-16(24-18-9)13(19(2)3)14(20)10-7-11(21-4)15(23-6)12(8-10)22-5/h7-8,13-14,20H,1-6H3. The van der Waals surface area contributed by atoms with Crippen LogP contribution in [0.5, 0.6) is 17.2 Å². The minimum absolute atomic E-state index is 0.332. The molecule has 132 valence electrons. The van der Waals surface area contributed by atoms with E-state index in [0.717, 1.165) is 0 Å². The van der Waals surface area contributed by atoms with E-state index in [1.54, 1.807) is 24.0 Å². The van der Waals surface area contributed by atoms with Gasteiger partial charge in [0.15, 0.2) is 17.3 Å². The molecular weight excluding hydrogens is 314 g/mol. The lowest BCUT2D eigenvalue weighted by atomic mass is 10.00. The first-order valence-electron chi connectivity index (χ1n) is 7.37. The van der Waals surface area contributed by atoms with Crippen molar-refractivity contribution >= 4 is 0 Å². The summed E-state index contributed by atoms with van der Waals surface area (Å²) in [5.41, 5.74) is 0.582. The van der Waals surface area contributed by atoms with E-state index in [1.165, 1.54) is 21.3 Å². The van der Waals surface area contributed by atoms with E-state index in [2.05, 4.69) is 10.1 Å². The average Bonchev–Trinajstić information content (AvgIpc) is 2.98. The SMILES string of the molecule is COc1cc(C(O)C(c2nc(C)no2)N(C)C)cc(OC)c1OC. The van der Waals surface area contributed by atoms with Gasteiger partial charge in [-0.15, -0.1) is 0 Å². The maximum atomic E-state index is 10.9. The summed E-state index contributed by atoms with van der Waals surface area (Å²) in [6.07, 6.45) is -0.937. The first kappa shape index (κ1) is 18.0. The number of hydrogen-bond acceptors (Lipinski definition) is 8. The number of methoxy groups -OCH3 is 3. The second kappa shape index (κ2) is 7.50. The molecule has 0 radical (unpaired) electrons. The molecular formula is C16H23N3O5. The predicted molar refractivity (Wildman–Crippen MR) is 86.5 cm³/mol. The van der Waals surface area contributed by atoms with Gasteiger partial charge in [-0.1, -0.05) is 5.16 Å². The van der Waals surface area contributed by atoms with Gasteiger partial charge in [-0.3, -0.25) is 4.90 Å². The molecule has 0 aliphatic carbocycles. The fourth-order valence-electron chi connectivity index (χ4n) is 2.53. The van der Waals surface area contributed by atoms with Crippen LogP contribution in [0.1, 0.15) is 29.4 Å². The average molecular weight is 337 g/mol. The molecule has 0 bridgehead atoms. The van der Waals surface area contributed by atoms with E-state index in [4.69, 9.17) is 18.7 Å². The third kappa shape index (κ3) is 3.44. The highest BCUT2D eigenvalue weighted by Gasteiger charge is 2.31. The van der Waals surface area contributed by atoms with Crippen molar-refractivity contribution in [3.05, 3.63) is 29.4 Å². The van der Waals surface area contributed by atoms with Gasteiger partial charge in [0.1, 0.15) is 12.1 Å². The summed E-state index contributed by atoms with van der Waals surface area (Å²) in [6, 6.07) is 2.88. The van der Waals surface area contributed by atoms with Gasteiger partial charge >= 0.3 is 0 Å². The van der Waals surface area contributed by atoms with Crippen molar-refractivity contribution in [3.8, 4) is 17.2 Å². The molecule has 0 saturated carbocycles. The first-order valence-corrected chi connectivity index (χ1v) is 7.37. The van der Waals surface area contributed by atoms with Gasteiger partial charge in [-0.05, 0) is 38.7 Å². The number of likely N-dealkylation sites (N-methyl/N-ethyl adjacent to an activating group) is 1. The molecule has 0 aliphatic rings. The van der Waals surface area contributed by atoms with Crippen molar-refractivity contribution in [2.45, 2.75) is 19.1 Å². The zero-order valence-corrected chi connectivity index (χ0v) is 14.7. The van der Waals surface area contributed by atoms with Crippen LogP contribution < -0.4 is 14.2 Å². The molecule has 0 amide bonds. The van der Waals surface area contributed by atoms with E-state index in [9.17, 15) is 5.11 Å². The van der Waals surface area contributed by atoms with E-state index < -0.39 is 12.1 Å². The van der Waals surface area contributed by atoms with E-state index in [0.29, 0.717) is 34.5 Å². The second-order valence-electron chi connectivity index (χ2n) is 5.49. The summed E-state index contributed by atoms with van der Waals surface area (Å²) < 4.78 is 21.2. The zero-order valence-electron chi connectivity index (χ0n) is 14.7. The lowest BCUT2D eigenvalue weighted by Crippen LogP contribution is -2.26. The van der Waals surface area contributed by atoms with Crippen LogP contribution in [0, 0.1) is 6.92 Å². The topological polar surface area (TPSA) is 90.1 Å². The van der Waals surface area contributed by atoms with Crippen LogP contribution in [0.2, 0.25) is 0 Å². The molecule has 0 saturated heterocycles. The van der Waals surface area contributed by atoms with Crippen LogP contribution in [0.15, 0.2) is 16.7 Å². The Morgan fingerprint density at radius 2 is 1.67 bits per heavy atom. The summed E-state index contributed by atoms with van der Waals surface area (Å²) in [7, 11) is 8.23. The molecule has 2 aromatic rings. The van der Waals surface area contributed by atoms with Crippen molar-refractivity contribution in [1.29, 1.82) is 0 Å². The number of aromatic nitrogens is 2. The van der Waals surface area contributed by atoms with Gasteiger partial charge in [0, 0.05) is 0 Å². The fraction of sp³-hybridized carbons (Fsp3) is 0.500. The highest BCUT2D eigenvalue weighted by molar-refractivity contribution is 5.54. The number of benzene rings is 1. The quantitative estimate of drug-likeness (QED) is 0.817. The van der Waals surface area contributed by atoms with E-state index >= 15 is 0 Å². The number of rotatable bonds is 7. The summed E-state index contributed by atoms with van der Waals surface area (Å²) in [4.78, 5) is 6.04. The van der Waals surface area contributed by atoms with Crippen LogP contribution in [0.4, 0.5) is 0 Å². The second-order valence-corrected chi connectivity index (χ2v) is 5.49. The number of nitrogens with zero attached hydrogens (tertiary/aromatic N) is 3. The van der Waals surface area contributed by atoms with Crippen LogP contribution >= 0.6 is 0 Å². The Kier molecular flexibility index (Phi) is 5.63. The highest BCUT2D eigenvalue weighted by atomic mass is 16.5. The normalized spacial score (nSPS) is 13.7. The number of ether oxygens (including phenoxy) is 3. The molecule has 1 N–H and O–H groups in total. The van der Waals surface area contributed by atoms with Crippen LogP contribution in [0.3, 0.4) is 0 Å². The first-order chi connectivity index (χ1) is 11.4. The Balaban J connectivity index is 2.48. The molecule has 0 fully saturated rings. The van der Waals surface area contributed by atoms with E-state index in [1.807, 2.05) is 14.1 Å². The number of aliphatic hydroxyl groups excluding tert-OH is 1.